The van der Waals surface area contributed by atoms with Gasteiger partial charge in [0.1, 0.15) is 11.9 Å². The molecule has 2 aromatic rings. The topological polar surface area (TPSA) is 132 Å². The molecule has 0 saturated carbocycles. The second kappa shape index (κ2) is 9.07. The number of aromatic nitrogens is 1. The highest BCUT2D eigenvalue weighted by Gasteiger charge is 2.26. The van der Waals surface area contributed by atoms with E-state index in [9.17, 15) is 23.3 Å². The summed E-state index contributed by atoms with van der Waals surface area (Å²) >= 11 is 0. The minimum atomic E-state index is -3.56. The summed E-state index contributed by atoms with van der Waals surface area (Å²) in [5.41, 5.74) is 0.589. The van der Waals surface area contributed by atoms with E-state index in [1.54, 1.807) is 12.1 Å². The van der Waals surface area contributed by atoms with Crippen molar-refractivity contribution in [3.05, 3.63) is 58.4 Å². The molecule has 1 amide bonds. The van der Waals surface area contributed by atoms with Gasteiger partial charge in [-0.25, -0.2) is 8.42 Å². The van der Waals surface area contributed by atoms with Crippen LogP contribution in [-0.4, -0.2) is 54.8 Å². The Kier molecular flexibility index (Phi) is 6.52. The van der Waals surface area contributed by atoms with Crippen LogP contribution < -0.4 is 5.32 Å². The number of hydrogen-bond acceptors (Lipinski definition) is 7. The number of amides is 1. The summed E-state index contributed by atoms with van der Waals surface area (Å²) < 4.78 is 31.8. The normalized spacial score (nSPS) is 15.0. The minimum absolute atomic E-state index is 0.0851. The summed E-state index contributed by atoms with van der Waals surface area (Å²) in [7, 11) is -3.56. The SMILES string of the molecule is O=C(CCc1ccc(S(=O)(=O)N2CCOCC2)cc1)Nc1ccncc1[N+](=O)[O-]. The van der Waals surface area contributed by atoms with Gasteiger partial charge < -0.3 is 10.1 Å². The van der Waals surface area contributed by atoms with E-state index in [4.69, 9.17) is 4.74 Å². The molecule has 2 heterocycles. The van der Waals surface area contributed by atoms with Gasteiger partial charge in [-0.1, -0.05) is 12.1 Å². The van der Waals surface area contributed by atoms with Gasteiger partial charge in [-0.05, 0) is 30.2 Å². The van der Waals surface area contributed by atoms with Crippen LogP contribution in [0.3, 0.4) is 0 Å². The number of hydrogen-bond donors (Lipinski definition) is 1. The van der Waals surface area contributed by atoms with Crippen molar-refractivity contribution in [1.82, 2.24) is 9.29 Å². The Hall–Kier alpha value is -2.89. The first kappa shape index (κ1) is 20.8. The Bertz CT molecular complexity index is 988. The van der Waals surface area contributed by atoms with Crippen molar-refractivity contribution >= 4 is 27.3 Å². The van der Waals surface area contributed by atoms with Crippen molar-refractivity contribution in [2.45, 2.75) is 17.7 Å². The van der Waals surface area contributed by atoms with Gasteiger partial charge in [-0.2, -0.15) is 4.31 Å². The number of rotatable bonds is 7. The quantitative estimate of drug-likeness (QED) is 0.531. The van der Waals surface area contributed by atoms with Gasteiger partial charge in [0.15, 0.2) is 0 Å². The van der Waals surface area contributed by atoms with Crippen molar-refractivity contribution < 1.29 is 22.9 Å². The number of aryl methyl sites for hydroxylation is 1. The molecule has 3 rings (SSSR count). The standard InChI is InChI=1S/C18H20N4O6S/c23-18(20-16-7-8-19-13-17(16)22(24)25)6-3-14-1-4-15(5-2-14)29(26,27)21-9-11-28-12-10-21/h1-2,4-5,7-8,13H,3,6,9-12H2,(H,19,20,23). The van der Waals surface area contributed by atoms with Gasteiger partial charge in [0, 0.05) is 25.7 Å². The molecule has 0 bridgehead atoms. The van der Waals surface area contributed by atoms with Gasteiger partial charge in [0.2, 0.25) is 15.9 Å². The van der Waals surface area contributed by atoms with E-state index in [1.807, 2.05) is 0 Å². The summed E-state index contributed by atoms with van der Waals surface area (Å²) in [5, 5.41) is 13.5. The zero-order valence-electron chi connectivity index (χ0n) is 15.5. The van der Waals surface area contributed by atoms with E-state index in [0.29, 0.717) is 32.7 Å². The smallest absolute Gasteiger partial charge is 0.310 e. The van der Waals surface area contributed by atoms with E-state index in [2.05, 4.69) is 10.3 Å². The van der Waals surface area contributed by atoms with Crippen LogP contribution in [0, 0.1) is 10.1 Å². The summed E-state index contributed by atoms with van der Waals surface area (Å²) in [4.78, 5) is 26.3. The zero-order valence-corrected chi connectivity index (χ0v) is 16.3. The van der Waals surface area contributed by atoms with Crippen molar-refractivity contribution in [3.8, 4) is 0 Å². The molecule has 1 aliphatic rings. The molecule has 1 N–H and O–H groups in total. The Morgan fingerprint density at radius 3 is 2.55 bits per heavy atom. The molecule has 0 unspecified atom stereocenters. The lowest BCUT2D eigenvalue weighted by atomic mass is 10.1. The largest absolute Gasteiger partial charge is 0.379 e. The maximum absolute atomic E-state index is 12.6. The number of ether oxygens (including phenoxy) is 1. The Labute approximate surface area is 167 Å². The maximum Gasteiger partial charge on any atom is 0.310 e. The molecular formula is C18H20N4O6S. The van der Waals surface area contributed by atoms with E-state index >= 15 is 0 Å². The van der Waals surface area contributed by atoms with Gasteiger partial charge in [-0.15, -0.1) is 0 Å². The van der Waals surface area contributed by atoms with E-state index in [1.165, 1.54) is 28.7 Å². The molecule has 1 aliphatic heterocycles. The van der Waals surface area contributed by atoms with Gasteiger partial charge in [0.25, 0.3) is 0 Å². The minimum Gasteiger partial charge on any atom is -0.379 e. The van der Waals surface area contributed by atoms with Crippen LogP contribution in [0.25, 0.3) is 0 Å². The molecule has 1 fully saturated rings. The maximum atomic E-state index is 12.6. The first-order valence-corrected chi connectivity index (χ1v) is 10.4. The Morgan fingerprint density at radius 1 is 1.21 bits per heavy atom. The molecule has 0 radical (unpaired) electrons. The fourth-order valence-electron chi connectivity index (χ4n) is 2.87. The number of morpholine rings is 1. The summed E-state index contributed by atoms with van der Waals surface area (Å²) in [6.45, 7) is 1.40. The lowest BCUT2D eigenvalue weighted by Gasteiger charge is -2.26. The molecule has 0 spiro atoms. The highest BCUT2D eigenvalue weighted by Crippen LogP contribution is 2.22. The number of nitrogens with zero attached hydrogens (tertiary/aromatic N) is 3. The van der Waals surface area contributed by atoms with Gasteiger partial charge in [-0.3, -0.25) is 19.9 Å². The molecule has 154 valence electrons. The highest BCUT2D eigenvalue weighted by atomic mass is 32.2. The number of carbonyl (C=O) groups excluding carboxylic acids is 1. The van der Waals surface area contributed by atoms with Gasteiger partial charge in [0.05, 0.1) is 23.0 Å². The first-order valence-electron chi connectivity index (χ1n) is 8.93. The number of carbonyl (C=O) groups is 1. The van der Waals surface area contributed by atoms with Crippen LogP contribution >= 0.6 is 0 Å². The second-order valence-electron chi connectivity index (χ2n) is 6.36. The van der Waals surface area contributed by atoms with Crippen LogP contribution in [0.4, 0.5) is 11.4 Å². The third-order valence-electron chi connectivity index (χ3n) is 4.44. The fourth-order valence-corrected chi connectivity index (χ4v) is 4.28. The predicted octanol–water partition coefficient (Wildman–Crippen LogP) is 1.58. The lowest BCUT2D eigenvalue weighted by molar-refractivity contribution is -0.384. The summed E-state index contributed by atoms with van der Waals surface area (Å²) in [5.74, 6) is -0.385. The number of nitro groups is 1. The predicted molar refractivity (Wildman–Crippen MR) is 104 cm³/mol. The molecule has 11 heteroatoms. The molecule has 1 saturated heterocycles. The lowest BCUT2D eigenvalue weighted by Crippen LogP contribution is -2.40. The molecule has 1 aromatic carbocycles. The fraction of sp³-hybridized carbons (Fsp3) is 0.333. The molecular weight excluding hydrogens is 400 g/mol. The number of benzene rings is 1. The summed E-state index contributed by atoms with van der Waals surface area (Å²) in [6.07, 6.45) is 2.89. The number of nitrogens with one attached hydrogen (secondary N) is 1. The Morgan fingerprint density at radius 2 is 1.90 bits per heavy atom. The van der Waals surface area contributed by atoms with Gasteiger partial charge >= 0.3 is 5.69 Å². The number of anilines is 1. The first-order chi connectivity index (χ1) is 13.9. The third-order valence-corrected chi connectivity index (χ3v) is 6.36. The van der Waals surface area contributed by atoms with E-state index < -0.39 is 14.9 Å². The monoisotopic (exact) mass is 420 g/mol. The van der Waals surface area contributed by atoms with Crippen LogP contribution in [-0.2, 0) is 26.0 Å². The molecule has 10 nitrogen and oxygen atoms in total. The molecule has 0 atom stereocenters. The number of pyridine rings is 1. The molecule has 1 aromatic heterocycles. The molecule has 29 heavy (non-hydrogen) atoms. The average Bonchev–Trinajstić information content (AvgIpc) is 2.73. The van der Waals surface area contributed by atoms with E-state index in [-0.39, 0.29) is 28.6 Å². The van der Waals surface area contributed by atoms with Crippen molar-refractivity contribution in [1.29, 1.82) is 0 Å². The van der Waals surface area contributed by atoms with Crippen LogP contribution in [0.2, 0.25) is 0 Å². The third kappa shape index (κ3) is 5.13. The Balaban J connectivity index is 1.59. The van der Waals surface area contributed by atoms with Crippen LogP contribution in [0.15, 0.2) is 47.6 Å². The average molecular weight is 420 g/mol. The van der Waals surface area contributed by atoms with Crippen LogP contribution in [0.5, 0.6) is 0 Å². The van der Waals surface area contributed by atoms with Crippen LogP contribution in [0.1, 0.15) is 12.0 Å². The van der Waals surface area contributed by atoms with Crippen molar-refractivity contribution in [3.63, 3.8) is 0 Å². The number of sulfonamides is 1. The van der Waals surface area contributed by atoms with E-state index in [0.717, 1.165) is 11.8 Å². The second-order valence-corrected chi connectivity index (χ2v) is 8.30. The van der Waals surface area contributed by atoms with Crippen molar-refractivity contribution in [2.75, 3.05) is 31.6 Å². The van der Waals surface area contributed by atoms with Crippen molar-refractivity contribution in [2.24, 2.45) is 0 Å². The summed E-state index contributed by atoms with van der Waals surface area (Å²) in [6, 6.07) is 7.73. The zero-order chi connectivity index (χ0) is 20.9. The highest BCUT2D eigenvalue weighted by molar-refractivity contribution is 7.89. The molecule has 0 aliphatic carbocycles.